The van der Waals surface area contributed by atoms with Crippen LogP contribution in [0, 0.1) is 13.8 Å². The fraction of sp³-hybridized carbons (Fsp3) is 0.583. The number of nitrogens with two attached hydrogens (primary N) is 1. The summed E-state index contributed by atoms with van der Waals surface area (Å²) in [6.07, 6.45) is 1.79. The Hall–Kier alpha value is -1.13. The Morgan fingerprint density at radius 1 is 1.56 bits per heavy atom. The van der Waals surface area contributed by atoms with Crippen LogP contribution in [-0.4, -0.2) is 15.8 Å². The monoisotopic (exact) mass is 222 g/mol. The Morgan fingerprint density at radius 2 is 2.19 bits per heavy atom. The summed E-state index contributed by atoms with van der Waals surface area (Å²) >= 11 is 0. The molecule has 1 aromatic heterocycles. The van der Waals surface area contributed by atoms with Crippen molar-refractivity contribution in [2.75, 3.05) is 0 Å². The smallest absolute Gasteiger partial charge is 0.0628 e. The summed E-state index contributed by atoms with van der Waals surface area (Å²) in [6, 6.07) is 0.235. The SMILES string of the molecule is C=C(C)CC(Cc1c(C)nn(C)c1C)NN. The molecule has 0 saturated heterocycles. The highest BCUT2D eigenvalue weighted by Gasteiger charge is 2.14. The first-order chi connectivity index (χ1) is 7.45. The second-order valence-electron chi connectivity index (χ2n) is 4.50. The van der Waals surface area contributed by atoms with Gasteiger partial charge in [-0.1, -0.05) is 5.57 Å². The zero-order chi connectivity index (χ0) is 12.3. The van der Waals surface area contributed by atoms with Crippen LogP contribution in [0.3, 0.4) is 0 Å². The van der Waals surface area contributed by atoms with Gasteiger partial charge in [0.05, 0.1) is 5.69 Å². The number of rotatable bonds is 5. The van der Waals surface area contributed by atoms with E-state index in [-0.39, 0.29) is 6.04 Å². The van der Waals surface area contributed by atoms with Crippen molar-refractivity contribution in [2.24, 2.45) is 12.9 Å². The molecule has 0 saturated carbocycles. The normalized spacial score (nSPS) is 12.8. The Morgan fingerprint density at radius 3 is 2.56 bits per heavy atom. The lowest BCUT2D eigenvalue weighted by atomic mass is 9.99. The standard InChI is InChI=1S/C12H22N4/c1-8(2)6-11(14-13)7-12-9(3)15-16(5)10(12)4/h11,14H,1,6-7,13H2,2-5H3. The largest absolute Gasteiger partial charge is 0.272 e. The van der Waals surface area contributed by atoms with E-state index in [0.717, 1.165) is 24.1 Å². The highest BCUT2D eigenvalue weighted by molar-refractivity contribution is 5.25. The van der Waals surface area contributed by atoms with E-state index in [4.69, 9.17) is 5.84 Å². The molecule has 1 heterocycles. The van der Waals surface area contributed by atoms with Gasteiger partial charge >= 0.3 is 0 Å². The number of hydrazine groups is 1. The van der Waals surface area contributed by atoms with Crippen molar-refractivity contribution in [2.45, 2.75) is 39.7 Å². The van der Waals surface area contributed by atoms with Crippen LogP contribution in [0.1, 0.15) is 30.3 Å². The molecule has 4 heteroatoms. The van der Waals surface area contributed by atoms with Crippen LogP contribution in [0.4, 0.5) is 0 Å². The fourth-order valence-corrected chi connectivity index (χ4v) is 1.97. The summed E-state index contributed by atoms with van der Waals surface area (Å²) < 4.78 is 1.92. The molecule has 0 aromatic carbocycles. The van der Waals surface area contributed by atoms with Gasteiger partial charge in [0.2, 0.25) is 0 Å². The molecule has 1 unspecified atom stereocenters. The Balaban J connectivity index is 2.81. The number of aromatic nitrogens is 2. The lowest BCUT2D eigenvalue weighted by Crippen LogP contribution is -2.37. The number of hydrogen-bond donors (Lipinski definition) is 2. The fourth-order valence-electron chi connectivity index (χ4n) is 1.97. The van der Waals surface area contributed by atoms with Crippen molar-refractivity contribution in [3.8, 4) is 0 Å². The van der Waals surface area contributed by atoms with E-state index in [1.807, 2.05) is 25.6 Å². The molecule has 90 valence electrons. The molecule has 0 fully saturated rings. The summed E-state index contributed by atoms with van der Waals surface area (Å²) in [7, 11) is 1.97. The highest BCUT2D eigenvalue weighted by Crippen LogP contribution is 2.16. The lowest BCUT2D eigenvalue weighted by molar-refractivity contribution is 0.519. The molecule has 1 rings (SSSR count). The molecule has 0 amide bonds. The molecule has 0 spiro atoms. The summed E-state index contributed by atoms with van der Waals surface area (Å²) in [5.41, 5.74) is 7.57. The van der Waals surface area contributed by atoms with Gasteiger partial charge in [0.25, 0.3) is 0 Å². The van der Waals surface area contributed by atoms with Crippen LogP contribution < -0.4 is 11.3 Å². The summed E-state index contributed by atoms with van der Waals surface area (Å²) in [6.45, 7) is 10.1. The maximum atomic E-state index is 5.56. The molecule has 1 aromatic rings. The third-order valence-electron chi connectivity index (χ3n) is 2.94. The first-order valence-electron chi connectivity index (χ1n) is 5.55. The van der Waals surface area contributed by atoms with Gasteiger partial charge in [-0.3, -0.25) is 16.0 Å². The van der Waals surface area contributed by atoms with Gasteiger partial charge in [-0.15, -0.1) is 6.58 Å². The molecule has 0 aliphatic carbocycles. The van der Waals surface area contributed by atoms with Gasteiger partial charge in [-0.25, -0.2) is 0 Å². The molecule has 0 radical (unpaired) electrons. The van der Waals surface area contributed by atoms with E-state index in [9.17, 15) is 0 Å². The Kier molecular flexibility index (Phi) is 4.26. The minimum Gasteiger partial charge on any atom is -0.272 e. The van der Waals surface area contributed by atoms with Gasteiger partial charge in [0, 0.05) is 18.8 Å². The highest BCUT2D eigenvalue weighted by atomic mass is 15.3. The molecule has 3 N–H and O–H groups in total. The molecule has 1 atom stereocenters. The van der Waals surface area contributed by atoms with Crippen molar-refractivity contribution >= 4 is 0 Å². The third kappa shape index (κ3) is 2.93. The van der Waals surface area contributed by atoms with Crippen molar-refractivity contribution in [3.63, 3.8) is 0 Å². The van der Waals surface area contributed by atoms with Gasteiger partial charge in [0.15, 0.2) is 0 Å². The second kappa shape index (κ2) is 5.27. The minimum absolute atomic E-state index is 0.235. The zero-order valence-electron chi connectivity index (χ0n) is 10.7. The topological polar surface area (TPSA) is 55.9 Å². The van der Waals surface area contributed by atoms with E-state index in [0.29, 0.717) is 0 Å². The molecular formula is C12H22N4. The summed E-state index contributed by atoms with van der Waals surface area (Å²) in [5.74, 6) is 5.56. The van der Waals surface area contributed by atoms with Crippen LogP contribution in [0.25, 0.3) is 0 Å². The predicted molar refractivity (Wildman–Crippen MR) is 66.9 cm³/mol. The maximum absolute atomic E-state index is 5.56. The van der Waals surface area contributed by atoms with Gasteiger partial charge in [-0.2, -0.15) is 5.10 Å². The average Bonchev–Trinajstić information content (AvgIpc) is 2.43. The molecule has 4 nitrogen and oxygen atoms in total. The van der Waals surface area contributed by atoms with Crippen LogP contribution in [-0.2, 0) is 13.5 Å². The second-order valence-corrected chi connectivity index (χ2v) is 4.50. The quantitative estimate of drug-likeness (QED) is 0.449. The molecule has 0 aliphatic rings. The van der Waals surface area contributed by atoms with Crippen molar-refractivity contribution < 1.29 is 0 Å². The maximum Gasteiger partial charge on any atom is 0.0628 e. The van der Waals surface area contributed by atoms with Gasteiger partial charge in [-0.05, 0) is 39.2 Å². The Bertz CT molecular complexity index is 379. The van der Waals surface area contributed by atoms with Gasteiger partial charge in [0.1, 0.15) is 0 Å². The zero-order valence-corrected chi connectivity index (χ0v) is 10.7. The molecular weight excluding hydrogens is 200 g/mol. The van der Waals surface area contributed by atoms with E-state index in [2.05, 4.69) is 24.0 Å². The van der Waals surface area contributed by atoms with Crippen molar-refractivity contribution in [3.05, 3.63) is 29.1 Å². The number of hydrogen-bond acceptors (Lipinski definition) is 3. The lowest BCUT2D eigenvalue weighted by Gasteiger charge is -2.16. The Labute approximate surface area is 97.5 Å². The van der Waals surface area contributed by atoms with E-state index in [1.165, 1.54) is 11.3 Å². The van der Waals surface area contributed by atoms with Crippen molar-refractivity contribution in [1.29, 1.82) is 0 Å². The van der Waals surface area contributed by atoms with E-state index >= 15 is 0 Å². The number of nitrogens with zero attached hydrogens (tertiary/aromatic N) is 2. The molecule has 16 heavy (non-hydrogen) atoms. The van der Waals surface area contributed by atoms with Gasteiger partial charge < -0.3 is 0 Å². The van der Waals surface area contributed by atoms with Crippen molar-refractivity contribution in [1.82, 2.24) is 15.2 Å². The number of aryl methyl sites for hydroxylation is 2. The first-order valence-corrected chi connectivity index (χ1v) is 5.55. The van der Waals surface area contributed by atoms with E-state index < -0.39 is 0 Å². The first kappa shape index (κ1) is 12.9. The average molecular weight is 222 g/mol. The molecule has 0 aliphatic heterocycles. The van der Waals surface area contributed by atoms with Crippen LogP contribution >= 0.6 is 0 Å². The van der Waals surface area contributed by atoms with Crippen LogP contribution in [0.15, 0.2) is 12.2 Å². The molecule has 0 bridgehead atoms. The summed E-state index contributed by atoms with van der Waals surface area (Å²) in [4.78, 5) is 0. The van der Waals surface area contributed by atoms with Crippen LogP contribution in [0.2, 0.25) is 0 Å². The van der Waals surface area contributed by atoms with E-state index in [1.54, 1.807) is 0 Å². The predicted octanol–water partition coefficient (Wildman–Crippen LogP) is 1.38. The third-order valence-corrected chi connectivity index (χ3v) is 2.94. The number of nitrogens with one attached hydrogen (secondary N) is 1. The summed E-state index contributed by atoms with van der Waals surface area (Å²) in [5, 5.41) is 4.40. The van der Waals surface area contributed by atoms with Crippen LogP contribution in [0.5, 0.6) is 0 Å². The minimum atomic E-state index is 0.235.